The van der Waals surface area contributed by atoms with Crippen LogP contribution in [0.15, 0.2) is 53.8 Å². The van der Waals surface area contributed by atoms with Crippen molar-refractivity contribution in [2.24, 2.45) is 0 Å². The minimum atomic E-state index is -0.738. The van der Waals surface area contributed by atoms with Crippen LogP contribution in [0.2, 0.25) is 0 Å². The van der Waals surface area contributed by atoms with E-state index in [0.29, 0.717) is 0 Å². The van der Waals surface area contributed by atoms with Gasteiger partial charge in [-0.3, -0.25) is 4.79 Å². The number of phenols is 1. The summed E-state index contributed by atoms with van der Waals surface area (Å²) in [5.74, 6) is -0.267. The molecule has 1 aromatic rings. The quantitative estimate of drug-likeness (QED) is 0.726. The van der Waals surface area contributed by atoms with E-state index in [1.165, 1.54) is 30.4 Å². The number of hydrogen-bond acceptors (Lipinski definition) is 4. The number of carbonyl (C=O) groups is 1. The summed E-state index contributed by atoms with van der Waals surface area (Å²) in [5, 5.41) is 28.0. The summed E-state index contributed by atoms with van der Waals surface area (Å²) < 4.78 is 0. The van der Waals surface area contributed by atoms with Crippen molar-refractivity contribution < 1.29 is 20.1 Å². The average molecular weight is 258 g/mol. The number of hydrogen-bond donors (Lipinski definition) is 3. The van der Waals surface area contributed by atoms with Crippen LogP contribution in [-0.2, 0) is 4.79 Å². The van der Waals surface area contributed by atoms with Gasteiger partial charge in [-0.05, 0) is 29.8 Å². The number of aromatic hydroxyl groups is 1. The van der Waals surface area contributed by atoms with Gasteiger partial charge in [0.2, 0.25) is 0 Å². The molecule has 19 heavy (non-hydrogen) atoms. The Labute approximate surface area is 110 Å². The fraction of sp³-hybridized carbons (Fsp3) is 0.133. The first kappa shape index (κ1) is 13.1. The van der Waals surface area contributed by atoms with E-state index in [1.807, 2.05) is 0 Å². The molecule has 2 rings (SSSR count). The van der Waals surface area contributed by atoms with Crippen LogP contribution in [0.3, 0.4) is 0 Å². The summed E-state index contributed by atoms with van der Waals surface area (Å²) in [7, 11) is 0. The predicted octanol–water partition coefficient (Wildman–Crippen LogP) is 2.11. The maximum Gasteiger partial charge on any atom is 0.189 e. The third-order valence-electron chi connectivity index (χ3n) is 2.78. The van der Waals surface area contributed by atoms with Crippen molar-refractivity contribution in [1.29, 1.82) is 0 Å². The maximum absolute atomic E-state index is 11.9. The fourth-order valence-corrected chi connectivity index (χ4v) is 1.75. The van der Waals surface area contributed by atoms with Gasteiger partial charge in [-0.15, -0.1) is 0 Å². The molecule has 1 aliphatic carbocycles. The molecule has 0 saturated heterocycles. The largest absolute Gasteiger partial charge is 0.511 e. The highest BCUT2D eigenvalue weighted by molar-refractivity contribution is 6.08. The van der Waals surface area contributed by atoms with E-state index in [-0.39, 0.29) is 29.3 Å². The van der Waals surface area contributed by atoms with Crippen molar-refractivity contribution in [3.05, 3.63) is 59.4 Å². The summed E-state index contributed by atoms with van der Waals surface area (Å²) in [6, 6.07) is 6.40. The van der Waals surface area contributed by atoms with E-state index in [4.69, 9.17) is 5.11 Å². The first-order chi connectivity index (χ1) is 9.06. The second kappa shape index (κ2) is 5.54. The molecule has 4 heteroatoms. The number of allylic oxidation sites excluding steroid dienone is 3. The van der Waals surface area contributed by atoms with Crippen LogP contribution in [0.25, 0.3) is 6.08 Å². The highest BCUT2D eigenvalue weighted by atomic mass is 16.3. The third kappa shape index (κ3) is 3.33. The van der Waals surface area contributed by atoms with E-state index in [0.717, 1.165) is 5.56 Å². The average Bonchev–Trinajstić information content (AvgIpc) is 2.37. The Morgan fingerprint density at radius 2 is 1.89 bits per heavy atom. The molecule has 0 radical (unpaired) electrons. The zero-order valence-corrected chi connectivity index (χ0v) is 10.2. The number of ketones is 1. The van der Waals surface area contributed by atoms with Gasteiger partial charge in [0.25, 0.3) is 0 Å². The number of carbonyl (C=O) groups excluding carboxylic acids is 1. The lowest BCUT2D eigenvalue weighted by Crippen LogP contribution is -2.13. The first-order valence-corrected chi connectivity index (χ1v) is 5.86. The highest BCUT2D eigenvalue weighted by Crippen LogP contribution is 2.19. The summed E-state index contributed by atoms with van der Waals surface area (Å²) >= 11 is 0. The summed E-state index contributed by atoms with van der Waals surface area (Å²) in [5.41, 5.74) is 0.964. The molecule has 0 bridgehead atoms. The Hall–Kier alpha value is -2.33. The lowest BCUT2D eigenvalue weighted by atomic mass is 9.99. The van der Waals surface area contributed by atoms with Crippen LogP contribution in [-0.4, -0.2) is 27.2 Å². The highest BCUT2D eigenvalue weighted by Gasteiger charge is 2.17. The molecule has 1 unspecified atom stereocenters. The summed E-state index contributed by atoms with van der Waals surface area (Å²) in [6.07, 6.45) is 5.16. The molecule has 0 heterocycles. The molecule has 98 valence electrons. The molecule has 1 aliphatic rings. The van der Waals surface area contributed by atoms with Gasteiger partial charge in [-0.2, -0.15) is 0 Å². The van der Waals surface area contributed by atoms with Crippen molar-refractivity contribution in [2.45, 2.75) is 12.5 Å². The minimum Gasteiger partial charge on any atom is -0.511 e. The molecule has 1 atom stereocenters. The predicted molar refractivity (Wildman–Crippen MR) is 71.6 cm³/mol. The Morgan fingerprint density at radius 3 is 2.53 bits per heavy atom. The van der Waals surface area contributed by atoms with Crippen LogP contribution in [0.5, 0.6) is 5.75 Å². The smallest absolute Gasteiger partial charge is 0.189 e. The monoisotopic (exact) mass is 258 g/mol. The third-order valence-corrected chi connectivity index (χ3v) is 2.78. The molecule has 0 aromatic heterocycles. The normalized spacial score (nSPS) is 19.1. The van der Waals surface area contributed by atoms with Crippen LogP contribution >= 0.6 is 0 Å². The Morgan fingerprint density at radius 1 is 1.21 bits per heavy atom. The number of aliphatic hydroxyl groups excluding tert-OH is 2. The number of rotatable bonds is 3. The SMILES string of the molecule is O=C(/C=C/c1ccc(O)cc1)C1=C(O)CC(O)C=C1. The van der Waals surface area contributed by atoms with Crippen molar-refractivity contribution in [2.75, 3.05) is 0 Å². The first-order valence-electron chi connectivity index (χ1n) is 5.86. The Balaban J connectivity index is 2.11. The lowest BCUT2D eigenvalue weighted by molar-refractivity contribution is -0.111. The molecule has 0 saturated carbocycles. The Kier molecular flexibility index (Phi) is 3.82. The number of aliphatic hydroxyl groups is 2. The summed E-state index contributed by atoms with van der Waals surface area (Å²) in [6.45, 7) is 0. The molecule has 0 spiro atoms. The van der Waals surface area contributed by atoms with E-state index in [9.17, 15) is 15.0 Å². The molecule has 4 nitrogen and oxygen atoms in total. The molecular weight excluding hydrogens is 244 g/mol. The van der Waals surface area contributed by atoms with Crippen LogP contribution < -0.4 is 0 Å². The van der Waals surface area contributed by atoms with Gasteiger partial charge in [-0.25, -0.2) is 0 Å². The number of phenolic OH excluding ortho intramolecular Hbond substituents is 1. The zero-order chi connectivity index (χ0) is 13.8. The van der Waals surface area contributed by atoms with Gasteiger partial charge in [0, 0.05) is 6.42 Å². The maximum atomic E-state index is 11.9. The van der Waals surface area contributed by atoms with E-state index >= 15 is 0 Å². The standard InChI is InChI=1S/C15H14O4/c16-11-4-1-10(2-5-11)3-8-14(18)13-7-6-12(17)9-15(13)19/h1-8,12,16-17,19H,9H2/b8-3+. The second-order valence-electron chi connectivity index (χ2n) is 4.28. The van der Waals surface area contributed by atoms with E-state index in [2.05, 4.69) is 0 Å². The topological polar surface area (TPSA) is 77.8 Å². The van der Waals surface area contributed by atoms with Gasteiger partial charge in [0.1, 0.15) is 11.5 Å². The van der Waals surface area contributed by atoms with Crippen molar-refractivity contribution in [3.63, 3.8) is 0 Å². The zero-order valence-electron chi connectivity index (χ0n) is 10.2. The molecule has 1 aromatic carbocycles. The van der Waals surface area contributed by atoms with Gasteiger partial charge < -0.3 is 15.3 Å². The van der Waals surface area contributed by atoms with Crippen LogP contribution in [0.4, 0.5) is 0 Å². The molecular formula is C15H14O4. The Bertz CT molecular complexity index is 564. The molecule has 0 amide bonds. The van der Waals surface area contributed by atoms with Crippen molar-refractivity contribution in [3.8, 4) is 5.75 Å². The van der Waals surface area contributed by atoms with Gasteiger partial charge >= 0.3 is 0 Å². The fourth-order valence-electron chi connectivity index (χ4n) is 1.75. The van der Waals surface area contributed by atoms with Crippen molar-refractivity contribution >= 4 is 11.9 Å². The van der Waals surface area contributed by atoms with Crippen molar-refractivity contribution in [1.82, 2.24) is 0 Å². The minimum absolute atomic E-state index is 0.0601. The number of benzene rings is 1. The lowest BCUT2D eigenvalue weighted by Gasteiger charge is -2.12. The molecule has 0 aliphatic heterocycles. The summed E-state index contributed by atoms with van der Waals surface area (Å²) in [4.78, 5) is 11.9. The van der Waals surface area contributed by atoms with Gasteiger partial charge in [0.05, 0.1) is 11.7 Å². The second-order valence-corrected chi connectivity index (χ2v) is 4.28. The van der Waals surface area contributed by atoms with E-state index in [1.54, 1.807) is 18.2 Å². The molecule has 0 fully saturated rings. The van der Waals surface area contributed by atoms with Gasteiger partial charge in [-0.1, -0.05) is 24.3 Å². The van der Waals surface area contributed by atoms with E-state index < -0.39 is 6.10 Å². The van der Waals surface area contributed by atoms with Gasteiger partial charge in [0.15, 0.2) is 5.78 Å². The van der Waals surface area contributed by atoms with Crippen LogP contribution in [0.1, 0.15) is 12.0 Å². The van der Waals surface area contributed by atoms with Crippen LogP contribution in [0, 0.1) is 0 Å². The molecule has 3 N–H and O–H groups in total.